The summed E-state index contributed by atoms with van der Waals surface area (Å²) >= 11 is 0. The first-order chi connectivity index (χ1) is 15.6. The van der Waals surface area contributed by atoms with E-state index in [1.54, 1.807) is 27.4 Å². The molecule has 3 heterocycles. The van der Waals surface area contributed by atoms with Gasteiger partial charge in [-0.2, -0.15) is 4.31 Å². The van der Waals surface area contributed by atoms with Crippen molar-refractivity contribution in [2.45, 2.75) is 82.6 Å². The Balaban J connectivity index is 1.61. The number of amides is 2. The monoisotopic (exact) mass is 475 g/mol. The van der Waals surface area contributed by atoms with Gasteiger partial charge in [0.2, 0.25) is 21.8 Å². The molecule has 0 saturated carbocycles. The van der Waals surface area contributed by atoms with E-state index in [4.69, 9.17) is 0 Å². The van der Waals surface area contributed by atoms with Crippen LogP contribution in [0.5, 0.6) is 0 Å². The maximum absolute atomic E-state index is 13.3. The van der Waals surface area contributed by atoms with Gasteiger partial charge in [-0.3, -0.25) is 9.59 Å². The van der Waals surface area contributed by atoms with Crippen molar-refractivity contribution in [1.82, 2.24) is 9.21 Å². The van der Waals surface area contributed by atoms with Gasteiger partial charge in [-0.05, 0) is 82.1 Å². The van der Waals surface area contributed by atoms with Crippen LogP contribution in [0.15, 0.2) is 23.1 Å². The van der Waals surface area contributed by atoms with Crippen LogP contribution in [0.4, 0.5) is 5.69 Å². The fourth-order valence-electron chi connectivity index (χ4n) is 5.48. The summed E-state index contributed by atoms with van der Waals surface area (Å²) in [7, 11) is -3.61. The van der Waals surface area contributed by atoms with Crippen LogP contribution in [0.25, 0.3) is 0 Å². The van der Waals surface area contributed by atoms with Gasteiger partial charge >= 0.3 is 0 Å². The quantitative estimate of drug-likeness (QED) is 0.653. The molecule has 1 atom stereocenters. The summed E-state index contributed by atoms with van der Waals surface area (Å²) < 4.78 is 28.1. The van der Waals surface area contributed by atoms with Crippen molar-refractivity contribution in [2.75, 3.05) is 31.1 Å². The van der Waals surface area contributed by atoms with Crippen LogP contribution in [-0.4, -0.2) is 61.7 Å². The van der Waals surface area contributed by atoms with Gasteiger partial charge in [0.25, 0.3) is 0 Å². The summed E-state index contributed by atoms with van der Waals surface area (Å²) in [6.07, 6.45) is 5.77. The predicted octanol–water partition coefficient (Wildman–Crippen LogP) is 3.52. The molecule has 2 fully saturated rings. The van der Waals surface area contributed by atoms with Gasteiger partial charge < -0.3 is 9.80 Å². The molecule has 0 spiro atoms. The lowest BCUT2D eigenvalue weighted by molar-refractivity contribution is -0.135. The van der Waals surface area contributed by atoms with Gasteiger partial charge in [0, 0.05) is 31.4 Å². The first-order valence-corrected chi connectivity index (χ1v) is 13.8. The number of benzene rings is 1. The largest absolute Gasteiger partial charge is 0.338 e. The van der Waals surface area contributed by atoms with E-state index in [1.807, 2.05) is 18.7 Å². The molecule has 7 nitrogen and oxygen atoms in total. The first kappa shape index (κ1) is 24.2. The van der Waals surface area contributed by atoms with E-state index in [2.05, 4.69) is 13.8 Å². The summed E-state index contributed by atoms with van der Waals surface area (Å²) in [6, 6.07) is 5.19. The summed E-state index contributed by atoms with van der Waals surface area (Å²) in [5, 5.41) is 0. The van der Waals surface area contributed by atoms with Crippen molar-refractivity contribution >= 4 is 27.5 Å². The van der Waals surface area contributed by atoms with Crippen molar-refractivity contribution in [3.63, 3.8) is 0 Å². The lowest BCUT2D eigenvalue weighted by Crippen LogP contribution is -2.49. The summed E-state index contributed by atoms with van der Waals surface area (Å²) in [5.41, 5.74) is 0.441. The molecule has 0 aromatic heterocycles. The Morgan fingerprint density at radius 3 is 2.45 bits per heavy atom. The molecule has 1 aromatic carbocycles. The molecule has 33 heavy (non-hydrogen) atoms. The molecule has 8 heteroatoms. The molecule has 4 rings (SSSR count). The molecule has 2 amide bonds. The number of nitrogens with zero attached hydrogens (tertiary/aromatic N) is 3. The number of sulfonamides is 1. The zero-order valence-corrected chi connectivity index (χ0v) is 21.2. The Hall–Kier alpha value is -1.93. The number of carbonyl (C=O) groups is 2. The molecule has 2 saturated heterocycles. The second-order valence-electron chi connectivity index (χ2n) is 10.4. The van der Waals surface area contributed by atoms with Gasteiger partial charge in [0.05, 0.1) is 10.3 Å². The molecule has 182 valence electrons. The molecule has 0 aliphatic carbocycles. The minimum Gasteiger partial charge on any atom is -0.338 e. The average molecular weight is 476 g/mol. The van der Waals surface area contributed by atoms with E-state index in [0.717, 1.165) is 45.1 Å². The molecule has 3 aliphatic rings. The summed E-state index contributed by atoms with van der Waals surface area (Å²) in [6.45, 7) is 9.66. The Morgan fingerprint density at radius 2 is 1.79 bits per heavy atom. The molecule has 0 N–H and O–H groups in total. The number of likely N-dealkylation sites (tertiary alicyclic amines) is 1. The van der Waals surface area contributed by atoms with Crippen molar-refractivity contribution in [3.05, 3.63) is 23.8 Å². The summed E-state index contributed by atoms with van der Waals surface area (Å²) in [5.74, 6) is 0.348. The van der Waals surface area contributed by atoms with Crippen LogP contribution in [0, 0.1) is 5.92 Å². The van der Waals surface area contributed by atoms with Gasteiger partial charge in [0.1, 0.15) is 6.54 Å². The van der Waals surface area contributed by atoms with E-state index in [0.29, 0.717) is 30.3 Å². The molecule has 0 bridgehead atoms. The van der Waals surface area contributed by atoms with Gasteiger partial charge in [-0.25, -0.2) is 8.42 Å². The zero-order valence-electron chi connectivity index (χ0n) is 20.3. The van der Waals surface area contributed by atoms with Gasteiger partial charge in [0.15, 0.2) is 0 Å². The third-order valence-electron chi connectivity index (χ3n) is 7.80. The highest BCUT2D eigenvalue weighted by atomic mass is 32.2. The number of rotatable bonds is 5. The Bertz CT molecular complexity index is 1030. The van der Waals surface area contributed by atoms with E-state index >= 15 is 0 Å². The third-order valence-corrected chi connectivity index (χ3v) is 9.70. The molecular formula is C25H37N3O4S. The number of piperidine rings is 2. The number of fused-ring (bicyclic) bond motifs is 1. The smallest absolute Gasteiger partial charge is 0.243 e. The Labute approximate surface area is 198 Å². The molecule has 0 radical (unpaired) electrons. The highest BCUT2D eigenvalue weighted by Gasteiger charge is 2.46. The Morgan fingerprint density at radius 1 is 1.09 bits per heavy atom. The van der Waals surface area contributed by atoms with Gasteiger partial charge in [-0.15, -0.1) is 0 Å². The SMILES string of the molecule is CCC1CCCCN1C(=O)CN1C(=O)C(C)(C)c2cc(S(=O)(=O)N3CCC(C)CC3)ccc21. The van der Waals surface area contributed by atoms with E-state index in [9.17, 15) is 18.0 Å². The first-order valence-electron chi connectivity index (χ1n) is 12.3. The predicted molar refractivity (Wildman–Crippen MR) is 129 cm³/mol. The molecule has 1 unspecified atom stereocenters. The van der Waals surface area contributed by atoms with Crippen LogP contribution in [0.3, 0.4) is 0 Å². The lowest BCUT2D eigenvalue weighted by Gasteiger charge is -2.36. The highest BCUT2D eigenvalue weighted by molar-refractivity contribution is 7.89. The minimum absolute atomic E-state index is 0.00186. The van der Waals surface area contributed by atoms with Crippen molar-refractivity contribution < 1.29 is 18.0 Å². The maximum Gasteiger partial charge on any atom is 0.243 e. The van der Waals surface area contributed by atoms with E-state index < -0.39 is 15.4 Å². The molecule has 1 aromatic rings. The zero-order chi connectivity index (χ0) is 24.0. The number of anilines is 1. The Kier molecular flexibility index (Phi) is 6.62. The maximum atomic E-state index is 13.3. The van der Waals surface area contributed by atoms with Crippen LogP contribution < -0.4 is 4.90 Å². The minimum atomic E-state index is -3.61. The number of hydrogen-bond acceptors (Lipinski definition) is 4. The van der Waals surface area contributed by atoms with Crippen LogP contribution >= 0.6 is 0 Å². The number of carbonyl (C=O) groups excluding carboxylic acids is 2. The van der Waals surface area contributed by atoms with Crippen molar-refractivity contribution in [3.8, 4) is 0 Å². The topological polar surface area (TPSA) is 78.0 Å². The van der Waals surface area contributed by atoms with E-state index in [1.165, 1.54) is 0 Å². The van der Waals surface area contributed by atoms with Crippen LogP contribution in [-0.2, 0) is 25.0 Å². The third kappa shape index (κ3) is 4.32. The normalized spacial score (nSPS) is 24.2. The van der Waals surface area contributed by atoms with Gasteiger partial charge in [-0.1, -0.05) is 13.8 Å². The second-order valence-corrected chi connectivity index (χ2v) is 12.4. The fourth-order valence-corrected chi connectivity index (χ4v) is 6.98. The highest BCUT2D eigenvalue weighted by Crippen LogP contribution is 2.43. The molecular weight excluding hydrogens is 438 g/mol. The van der Waals surface area contributed by atoms with E-state index in [-0.39, 0.29) is 29.3 Å². The van der Waals surface area contributed by atoms with Crippen LogP contribution in [0.1, 0.15) is 71.8 Å². The van der Waals surface area contributed by atoms with Crippen LogP contribution in [0.2, 0.25) is 0 Å². The lowest BCUT2D eigenvalue weighted by atomic mass is 9.86. The summed E-state index contributed by atoms with van der Waals surface area (Å²) in [4.78, 5) is 30.2. The second kappa shape index (κ2) is 9.02. The molecule has 3 aliphatic heterocycles. The standard InChI is InChI=1S/C25H37N3O4S/c1-5-19-8-6-7-13-27(19)23(29)17-28-22-10-9-20(16-21(22)25(3,4)24(28)30)33(31,32)26-14-11-18(2)12-15-26/h9-10,16,18-19H,5-8,11-15,17H2,1-4H3. The van der Waals surface area contributed by atoms with Crippen molar-refractivity contribution in [2.24, 2.45) is 5.92 Å². The number of hydrogen-bond donors (Lipinski definition) is 0. The van der Waals surface area contributed by atoms with Crippen molar-refractivity contribution in [1.29, 1.82) is 0 Å². The fraction of sp³-hybridized carbons (Fsp3) is 0.680. The average Bonchev–Trinajstić information content (AvgIpc) is 2.99.